The Balaban J connectivity index is 1.57. The van der Waals surface area contributed by atoms with Gasteiger partial charge in [-0.2, -0.15) is 0 Å². The van der Waals surface area contributed by atoms with Crippen LogP contribution in [0.25, 0.3) is 21.4 Å². The number of aryl methyl sites for hydroxylation is 2. The summed E-state index contributed by atoms with van der Waals surface area (Å²) in [5, 5.41) is 3.31. The number of amides is 1. The molecule has 0 aliphatic rings. The predicted molar refractivity (Wildman–Crippen MR) is 117 cm³/mol. The molecule has 1 amide bonds. The lowest BCUT2D eigenvalue weighted by Crippen LogP contribution is -2.37. The average Bonchev–Trinajstić information content (AvgIpc) is 3.32. The Kier molecular flexibility index (Phi) is 5.25. The van der Waals surface area contributed by atoms with Crippen LogP contribution in [0.3, 0.4) is 0 Å². The molecule has 0 unspecified atom stereocenters. The molecular formula is C20H22N6O3S. The number of anilines is 1. The van der Waals surface area contributed by atoms with Crippen molar-refractivity contribution in [3.05, 3.63) is 50.9 Å². The smallest absolute Gasteiger partial charge is 0.315 e. The lowest BCUT2D eigenvalue weighted by molar-refractivity contribution is -0.116. The molecular weight excluding hydrogens is 404 g/mol. The second kappa shape index (κ2) is 7.86. The van der Waals surface area contributed by atoms with Gasteiger partial charge in [0, 0.05) is 14.1 Å². The Morgan fingerprint density at radius 2 is 2.00 bits per heavy atom. The number of hydrogen-bond donors (Lipinski definition) is 1. The van der Waals surface area contributed by atoms with Gasteiger partial charge < -0.3 is 9.88 Å². The van der Waals surface area contributed by atoms with Crippen molar-refractivity contribution < 1.29 is 4.79 Å². The molecule has 0 saturated heterocycles. The molecule has 30 heavy (non-hydrogen) atoms. The fourth-order valence-electron chi connectivity index (χ4n) is 3.39. The van der Waals surface area contributed by atoms with E-state index in [-0.39, 0.29) is 23.6 Å². The topological polar surface area (TPSA) is 104 Å². The number of thiazole rings is 1. The molecule has 0 radical (unpaired) electrons. The van der Waals surface area contributed by atoms with E-state index in [0.717, 1.165) is 34.0 Å². The Labute approximate surface area is 175 Å². The summed E-state index contributed by atoms with van der Waals surface area (Å²) >= 11 is 1.42. The maximum absolute atomic E-state index is 12.6. The van der Waals surface area contributed by atoms with Crippen molar-refractivity contribution in [3.8, 4) is 0 Å². The molecule has 1 aromatic carbocycles. The van der Waals surface area contributed by atoms with E-state index < -0.39 is 11.2 Å². The first-order valence-electron chi connectivity index (χ1n) is 9.69. The average molecular weight is 427 g/mol. The highest BCUT2D eigenvalue weighted by molar-refractivity contribution is 7.22. The number of aromatic nitrogens is 5. The normalized spacial score (nSPS) is 11.4. The number of carbonyl (C=O) groups excluding carboxylic acids is 1. The van der Waals surface area contributed by atoms with E-state index in [2.05, 4.69) is 34.3 Å². The predicted octanol–water partition coefficient (Wildman–Crippen LogP) is 2.02. The van der Waals surface area contributed by atoms with E-state index in [1.165, 1.54) is 46.5 Å². The number of nitrogens with one attached hydrogen (secondary N) is 1. The Bertz CT molecular complexity index is 1380. The molecule has 4 rings (SSSR count). The zero-order valence-corrected chi connectivity index (χ0v) is 17.8. The van der Waals surface area contributed by atoms with Crippen molar-refractivity contribution in [2.75, 3.05) is 5.32 Å². The molecule has 3 aromatic heterocycles. The minimum atomic E-state index is -0.488. The molecule has 156 valence electrons. The summed E-state index contributed by atoms with van der Waals surface area (Å²) in [6, 6.07) is 6.16. The molecule has 1 N–H and O–H groups in total. The van der Waals surface area contributed by atoms with Crippen LogP contribution in [-0.4, -0.2) is 29.6 Å². The zero-order valence-electron chi connectivity index (χ0n) is 17.0. The minimum absolute atomic E-state index is 0.110. The van der Waals surface area contributed by atoms with Crippen LogP contribution in [0.4, 0.5) is 5.13 Å². The third-order valence-electron chi connectivity index (χ3n) is 5.05. The first-order chi connectivity index (χ1) is 14.4. The summed E-state index contributed by atoms with van der Waals surface area (Å²) in [7, 11) is 2.94. The van der Waals surface area contributed by atoms with E-state index in [1.807, 2.05) is 6.07 Å². The van der Waals surface area contributed by atoms with Gasteiger partial charge in [0.1, 0.15) is 6.54 Å². The molecule has 3 heterocycles. The first-order valence-corrected chi connectivity index (χ1v) is 10.5. The summed E-state index contributed by atoms with van der Waals surface area (Å²) in [6.07, 6.45) is 4.70. The van der Waals surface area contributed by atoms with Gasteiger partial charge in [0.25, 0.3) is 5.56 Å². The largest absolute Gasteiger partial charge is 0.332 e. The number of carbonyl (C=O) groups is 1. The zero-order chi connectivity index (χ0) is 21.4. The van der Waals surface area contributed by atoms with Crippen LogP contribution in [0.1, 0.15) is 25.3 Å². The van der Waals surface area contributed by atoms with Gasteiger partial charge in [0.15, 0.2) is 16.3 Å². The molecule has 0 aliphatic carbocycles. The van der Waals surface area contributed by atoms with Gasteiger partial charge in [-0.3, -0.25) is 18.7 Å². The number of unbranched alkanes of at least 4 members (excludes halogenated alkanes) is 1. The van der Waals surface area contributed by atoms with Crippen molar-refractivity contribution in [2.24, 2.45) is 14.1 Å². The molecule has 0 spiro atoms. The quantitative estimate of drug-likeness (QED) is 0.508. The highest BCUT2D eigenvalue weighted by Crippen LogP contribution is 2.27. The van der Waals surface area contributed by atoms with E-state index >= 15 is 0 Å². The van der Waals surface area contributed by atoms with E-state index in [4.69, 9.17) is 0 Å². The molecule has 0 bridgehead atoms. The van der Waals surface area contributed by atoms with Crippen LogP contribution in [-0.2, 0) is 31.9 Å². The summed E-state index contributed by atoms with van der Waals surface area (Å²) in [5.41, 5.74) is 1.60. The van der Waals surface area contributed by atoms with Gasteiger partial charge in [-0.1, -0.05) is 30.7 Å². The number of benzene rings is 1. The van der Waals surface area contributed by atoms with Crippen LogP contribution in [0.15, 0.2) is 34.1 Å². The van der Waals surface area contributed by atoms with Crippen LogP contribution < -0.4 is 16.6 Å². The molecule has 0 fully saturated rings. The second-order valence-electron chi connectivity index (χ2n) is 7.22. The summed E-state index contributed by atoms with van der Waals surface area (Å²) < 4.78 is 4.76. The highest BCUT2D eigenvalue weighted by atomic mass is 32.1. The van der Waals surface area contributed by atoms with E-state index in [1.54, 1.807) is 0 Å². The minimum Gasteiger partial charge on any atom is -0.315 e. The number of nitrogens with zero attached hydrogens (tertiary/aromatic N) is 5. The molecule has 10 heteroatoms. The third kappa shape index (κ3) is 3.54. The highest BCUT2D eigenvalue weighted by Gasteiger charge is 2.16. The van der Waals surface area contributed by atoms with Gasteiger partial charge in [-0.25, -0.2) is 14.8 Å². The number of imidazole rings is 1. The first kappa shape index (κ1) is 20.0. The SMILES string of the molecule is CCCCc1ccc2nc(NC(=O)Cn3cnc4c3c(=O)n(C)c(=O)n4C)sc2c1. The Hall–Kier alpha value is -3.27. The summed E-state index contributed by atoms with van der Waals surface area (Å²) in [5.74, 6) is -0.324. The summed E-state index contributed by atoms with van der Waals surface area (Å²) in [4.78, 5) is 45.7. The fraction of sp³-hybridized carbons (Fsp3) is 0.350. The van der Waals surface area contributed by atoms with Crippen LogP contribution in [0.5, 0.6) is 0 Å². The van der Waals surface area contributed by atoms with Crippen molar-refractivity contribution >= 4 is 43.8 Å². The van der Waals surface area contributed by atoms with Crippen molar-refractivity contribution in [3.63, 3.8) is 0 Å². The number of hydrogen-bond acceptors (Lipinski definition) is 6. The van der Waals surface area contributed by atoms with Gasteiger partial charge in [0.05, 0.1) is 16.5 Å². The van der Waals surface area contributed by atoms with E-state index in [9.17, 15) is 14.4 Å². The molecule has 0 aliphatic heterocycles. The van der Waals surface area contributed by atoms with Gasteiger partial charge in [-0.05, 0) is 30.5 Å². The van der Waals surface area contributed by atoms with Gasteiger partial charge in [-0.15, -0.1) is 0 Å². The maximum Gasteiger partial charge on any atom is 0.332 e. The lowest BCUT2D eigenvalue weighted by atomic mass is 10.1. The lowest BCUT2D eigenvalue weighted by Gasteiger charge is -2.06. The van der Waals surface area contributed by atoms with Gasteiger partial charge >= 0.3 is 5.69 Å². The third-order valence-corrected chi connectivity index (χ3v) is 5.98. The molecule has 4 aromatic rings. The standard InChI is InChI=1S/C20H22N6O3S/c1-4-5-6-12-7-8-13-14(9-12)30-19(22-13)23-15(27)10-26-11-21-17-16(26)18(28)25(3)20(29)24(17)2/h7-9,11H,4-6,10H2,1-3H3,(H,22,23,27). The molecule has 0 saturated carbocycles. The monoisotopic (exact) mass is 426 g/mol. The summed E-state index contributed by atoms with van der Waals surface area (Å²) in [6.45, 7) is 2.05. The van der Waals surface area contributed by atoms with Gasteiger partial charge in [0.2, 0.25) is 5.91 Å². The second-order valence-corrected chi connectivity index (χ2v) is 8.25. The van der Waals surface area contributed by atoms with Crippen molar-refractivity contribution in [1.82, 2.24) is 23.7 Å². The number of fused-ring (bicyclic) bond motifs is 2. The van der Waals surface area contributed by atoms with Crippen LogP contribution in [0.2, 0.25) is 0 Å². The van der Waals surface area contributed by atoms with Crippen LogP contribution >= 0.6 is 11.3 Å². The van der Waals surface area contributed by atoms with Crippen molar-refractivity contribution in [2.45, 2.75) is 32.7 Å². The van der Waals surface area contributed by atoms with Crippen LogP contribution in [0, 0.1) is 0 Å². The van der Waals surface area contributed by atoms with Crippen molar-refractivity contribution in [1.29, 1.82) is 0 Å². The fourth-order valence-corrected chi connectivity index (χ4v) is 4.33. The van der Waals surface area contributed by atoms with E-state index in [0.29, 0.717) is 5.13 Å². The Morgan fingerprint density at radius 1 is 1.20 bits per heavy atom. The Morgan fingerprint density at radius 3 is 2.77 bits per heavy atom. The maximum atomic E-state index is 12.6. The molecule has 0 atom stereocenters. The molecule has 9 nitrogen and oxygen atoms in total. The number of rotatable bonds is 6.